The van der Waals surface area contributed by atoms with Crippen LogP contribution in [0.3, 0.4) is 0 Å². The predicted molar refractivity (Wildman–Crippen MR) is 94.3 cm³/mol. The normalized spacial score (nSPS) is 11.2. The fraction of sp³-hybridized carbons (Fsp3) is 0.278. The number of hydrogen-bond donors (Lipinski definition) is 2. The summed E-state index contributed by atoms with van der Waals surface area (Å²) < 4.78 is 19.2. The molecule has 2 aromatic carbocycles. The van der Waals surface area contributed by atoms with Crippen LogP contribution in [-0.2, 0) is 11.3 Å². The quantitative estimate of drug-likeness (QED) is 0.785. The summed E-state index contributed by atoms with van der Waals surface area (Å²) in [6, 6.07) is 9.62. The van der Waals surface area contributed by atoms with Gasteiger partial charge in [0.05, 0.1) is 0 Å². The van der Waals surface area contributed by atoms with E-state index in [1.807, 2.05) is 0 Å². The number of benzene rings is 2. The van der Waals surface area contributed by atoms with Gasteiger partial charge in [-0.25, -0.2) is 9.18 Å². The van der Waals surface area contributed by atoms with E-state index in [-0.39, 0.29) is 6.54 Å². The Kier molecular flexibility index (Phi) is 5.34. The van der Waals surface area contributed by atoms with Gasteiger partial charge >= 0.3 is 6.09 Å². The maximum absolute atomic E-state index is 14.0. The largest absolute Gasteiger partial charge is 0.444 e. The van der Waals surface area contributed by atoms with Gasteiger partial charge in [0.1, 0.15) is 11.4 Å². The van der Waals surface area contributed by atoms with Crippen molar-refractivity contribution in [2.45, 2.75) is 32.9 Å². The number of carbonyl (C=O) groups excluding carboxylic acids is 1. The topological polar surface area (TPSA) is 64.3 Å². The van der Waals surface area contributed by atoms with E-state index in [1.165, 1.54) is 6.07 Å². The third kappa shape index (κ3) is 4.86. The van der Waals surface area contributed by atoms with Crippen molar-refractivity contribution in [2.24, 2.45) is 0 Å². The molecule has 24 heavy (non-hydrogen) atoms. The van der Waals surface area contributed by atoms with Crippen molar-refractivity contribution in [3.63, 3.8) is 0 Å². The van der Waals surface area contributed by atoms with Crippen LogP contribution in [0.25, 0.3) is 11.1 Å². The molecule has 1 amide bonds. The fourth-order valence-electron chi connectivity index (χ4n) is 2.16. The van der Waals surface area contributed by atoms with E-state index in [0.717, 1.165) is 5.56 Å². The number of amides is 1. The highest BCUT2D eigenvalue weighted by molar-refractivity contribution is 6.30. The molecular weight excluding hydrogens is 331 g/mol. The van der Waals surface area contributed by atoms with E-state index < -0.39 is 17.5 Å². The second-order valence-electron chi connectivity index (χ2n) is 6.40. The van der Waals surface area contributed by atoms with E-state index in [0.29, 0.717) is 21.8 Å². The van der Waals surface area contributed by atoms with Crippen LogP contribution >= 0.6 is 11.6 Å². The lowest BCUT2D eigenvalue weighted by atomic mass is 10.0. The van der Waals surface area contributed by atoms with Crippen molar-refractivity contribution in [3.8, 4) is 11.1 Å². The molecule has 6 heteroatoms. The van der Waals surface area contributed by atoms with E-state index in [4.69, 9.17) is 22.1 Å². The Morgan fingerprint density at radius 2 is 1.88 bits per heavy atom. The Hall–Kier alpha value is -2.27. The standard InChI is InChI=1S/C18H20ClFN2O2/c1-18(2,3)24-17(23)22-10-11-4-6-14(16(21)8-11)13-7-5-12(19)9-15(13)20/h4-9H,10,21H2,1-3H3,(H,22,23). The van der Waals surface area contributed by atoms with Gasteiger partial charge in [0.25, 0.3) is 0 Å². The lowest BCUT2D eigenvalue weighted by Gasteiger charge is -2.19. The fourth-order valence-corrected chi connectivity index (χ4v) is 2.32. The molecule has 0 unspecified atom stereocenters. The molecule has 0 aliphatic heterocycles. The predicted octanol–water partition coefficient (Wildman–Crippen LogP) is 4.75. The average Bonchev–Trinajstić information content (AvgIpc) is 2.44. The number of nitrogens with one attached hydrogen (secondary N) is 1. The monoisotopic (exact) mass is 350 g/mol. The van der Waals surface area contributed by atoms with Crippen molar-refractivity contribution in [1.29, 1.82) is 0 Å². The number of ether oxygens (including phenoxy) is 1. The molecule has 0 saturated carbocycles. The van der Waals surface area contributed by atoms with E-state index in [9.17, 15) is 9.18 Å². The molecule has 0 fully saturated rings. The van der Waals surface area contributed by atoms with Gasteiger partial charge in [0.15, 0.2) is 0 Å². The van der Waals surface area contributed by atoms with Gasteiger partial charge in [-0.05, 0) is 50.6 Å². The summed E-state index contributed by atoms with van der Waals surface area (Å²) in [4.78, 5) is 11.7. The Balaban J connectivity index is 2.11. The van der Waals surface area contributed by atoms with Gasteiger partial charge in [-0.3, -0.25) is 0 Å². The molecule has 0 radical (unpaired) electrons. The number of nitrogens with two attached hydrogens (primary N) is 1. The minimum atomic E-state index is -0.556. The summed E-state index contributed by atoms with van der Waals surface area (Å²) in [6.07, 6.45) is -0.506. The van der Waals surface area contributed by atoms with Gasteiger partial charge in [0, 0.05) is 28.4 Å². The van der Waals surface area contributed by atoms with Gasteiger partial charge in [-0.1, -0.05) is 23.7 Å². The van der Waals surface area contributed by atoms with Crippen LogP contribution in [0.1, 0.15) is 26.3 Å². The van der Waals surface area contributed by atoms with Crippen molar-refractivity contribution >= 4 is 23.4 Å². The molecule has 0 aliphatic rings. The van der Waals surface area contributed by atoms with E-state index in [1.54, 1.807) is 51.1 Å². The Labute approximate surface area is 145 Å². The summed E-state index contributed by atoms with van der Waals surface area (Å²) in [6.45, 7) is 5.64. The number of hydrogen-bond acceptors (Lipinski definition) is 3. The van der Waals surface area contributed by atoms with Crippen LogP contribution in [0.5, 0.6) is 0 Å². The van der Waals surface area contributed by atoms with Gasteiger partial charge < -0.3 is 15.8 Å². The van der Waals surface area contributed by atoms with Crippen LogP contribution in [0.2, 0.25) is 5.02 Å². The zero-order valence-corrected chi connectivity index (χ0v) is 14.6. The third-order valence-electron chi connectivity index (χ3n) is 3.17. The molecule has 0 atom stereocenters. The molecule has 0 saturated heterocycles. The van der Waals surface area contributed by atoms with Gasteiger partial charge in [-0.2, -0.15) is 0 Å². The molecule has 0 aromatic heterocycles. The number of anilines is 1. The maximum Gasteiger partial charge on any atom is 0.407 e. The summed E-state index contributed by atoms with van der Waals surface area (Å²) in [7, 11) is 0. The first-order valence-corrected chi connectivity index (χ1v) is 7.84. The second-order valence-corrected chi connectivity index (χ2v) is 6.84. The number of halogens is 2. The number of carbonyl (C=O) groups is 1. The minimum Gasteiger partial charge on any atom is -0.444 e. The van der Waals surface area contributed by atoms with E-state index in [2.05, 4.69) is 5.32 Å². The highest BCUT2D eigenvalue weighted by atomic mass is 35.5. The highest BCUT2D eigenvalue weighted by Crippen LogP contribution is 2.30. The zero-order valence-electron chi connectivity index (χ0n) is 13.8. The number of nitrogen functional groups attached to an aromatic ring is 1. The molecule has 0 heterocycles. The van der Waals surface area contributed by atoms with Crippen molar-refractivity contribution in [2.75, 3.05) is 5.73 Å². The Bertz CT molecular complexity index is 757. The Morgan fingerprint density at radius 3 is 2.46 bits per heavy atom. The highest BCUT2D eigenvalue weighted by Gasteiger charge is 2.16. The van der Waals surface area contributed by atoms with Gasteiger partial charge in [-0.15, -0.1) is 0 Å². The van der Waals surface area contributed by atoms with Crippen LogP contribution in [-0.4, -0.2) is 11.7 Å². The minimum absolute atomic E-state index is 0.266. The molecule has 128 valence electrons. The average molecular weight is 351 g/mol. The first-order chi connectivity index (χ1) is 11.2. The van der Waals surface area contributed by atoms with Gasteiger partial charge in [0.2, 0.25) is 0 Å². The van der Waals surface area contributed by atoms with Crippen LogP contribution < -0.4 is 11.1 Å². The van der Waals surface area contributed by atoms with E-state index >= 15 is 0 Å². The van der Waals surface area contributed by atoms with Crippen molar-refractivity contribution in [3.05, 3.63) is 52.8 Å². The van der Waals surface area contributed by atoms with Crippen LogP contribution in [0.15, 0.2) is 36.4 Å². The first kappa shape index (κ1) is 18.1. The second kappa shape index (κ2) is 7.09. The molecule has 2 aromatic rings. The lowest BCUT2D eigenvalue weighted by Crippen LogP contribution is -2.32. The summed E-state index contributed by atoms with van der Waals surface area (Å²) in [5, 5.41) is 2.98. The van der Waals surface area contributed by atoms with Crippen molar-refractivity contribution < 1.29 is 13.9 Å². The first-order valence-electron chi connectivity index (χ1n) is 7.46. The smallest absolute Gasteiger partial charge is 0.407 e. The molecular formula is C18H20ClFN2O2. The molecule has 0 aliphatic carbocycles. The third-order valence-corrected chi connectivity index (χ3v) is 3.41. The molecule has 0 spiro atoms. The maximum atomic E-state index is 14.0. The number of rotatable bonds is 3. The molecule has 3 N–H and O–H groups in total. The number of alkyl carbamates (subject to hydrolysis) is 1. The van der Waals surface area contributed by atoms with Crippen LogP contribution in [0, 0.1) is 5.82 Å². The Morgan fingerprint density at radius 1 is 1.21 bits per heavy atom. The summed E-state index contributed by atoms with van der Waals surface area (Å²) in [5.41, 5.74) is 7.63. The van der Waals surface area contributed by atoms with Crippen LogP contribution in [0.4, 0.5) is 14.9 Å². The summed E-state index contributed by atoms with van der Waals surface area (Å²) in [5.74, 6) is -0.436. The molecule has 0 bridgehead atoms. The molecule has 4 nitrogen and oxygen atoms in total. The molecule has 2 rings (SSSR count). The van der Waals surface area contributed by atoms with Crippen molar-refractivity contribution in [1.82, 2.24) is 5.32 Å². The zero-order chi connectivity index (χ0) is 17.9. The SMILES string of the molecule is CC(C)(C)OC(=O)NCc1ccc(-c2ccc(Cl)cc2F)c(N)c1. The summed E-state index contributed by atoms with van der Waals surface area (Å²) >= 11 is 5.76. The lowest BCUT2D eigenvalue weighted by molar-refractivity contribution is 0.0523.